The van der Waals surface area contributed by atoms with Crippen LogP contribution < -0.4 is 15.5 Å². The molecule has 1 amide bonds. The number of aromatic amines is 1. The van der Waals surface area contributed by atoms with Crippen molar-refractivity contribution in [1.82, 2.24) is 20.6 Å². The summed E-state index contributed by atoms with van der Waals surface area (Å²) < 4.78 is 0. The molecule has 2 aliphatic rings. The van der Waals surface area contributed by atoms with Gasteiger partial charge in [0.25, 0.3) is 0 Å². The molecule has 0 radical (unpaired) electrons. The number of para-hydroxylation sites is 1. The van der Waals surface area contributed by atoms with Gasteiger partial charge >= 0.3 is 0 Å². The first kappa shape index (κ1) is 17.9. The quantitative estimate of drug-likeness (QED) is 0.333. The number of aromatic nitrogens is 2. The Morgan fingerprint density at radius 2 is 2.24 bits per heavy atom. The topological polar surface area (TPSA) is 117 Å². The first-order valence-corrected chi connectivity index (χ1v) is 9.92. The Bertz CT molecular complexity index is 1140. The number of fused-ring (bicyclic) bond motifs is 3. The maximum Gasteiger partial charge on any atom is 0.230 e. The van der Waals surface area contributed by atoms with Gasteiger partial charge in [-0.05, 0) is 18.9 Å². The Hall–Kier alpha value is -3.13. The highest BCUT2D eigenvalue weighted by Gasteiger charge is 2.52. The second-order valence-electron chi connectivity index (χ2n) is 7.95. The number of amides is 1. The molecule has 4 heterocycles. The van der Waals surface area contributed by atoms with Crippen molar-refractivity contribution in [2.24, 2.45) is 5.41 Å². The third-order valence-electron chi connectivity index (χ3n) is 6.40. The number of benzene rings is 1. The molecular weight excluding hydrogens is 368 g/mol. The molecule has 0 saturated carbocycles. The number of pyridine rings is 1. The number of anilines is 1. The number of hydrogen-bond donors (Lipinski definition) is 5. The van der Waals surface area contributed by atoms with Crippen LogP contribution in [0.15, 0.2) is 30.5 Å². The fourth-order valence-corrected chi connectivity index (χ4v) is 4.83. The summed E-state index contributed by atoms with van der Waals surface area (Å²) in [5, 5.41) is 26.5. The minimum absolute atomic E-state index is 0.0709. The molecule has 0 bridgehead atoms. The predicted octanol–water partition coefficient (Wildman–Crippen LogP) is 1.34. The van der Waals surface area contributed by atoms with Gasteiger partial charge in [0.15, 0.2) is 0 Å². The Morgan fingerprint density at radius 1 is 1.41 bits per heavy atom. The van der Waals surface area contributed by atoms with Crippen LogP contribution in [0.1, 0.15) is 18.4 Å². The van der Waals surface area contributed by atoms with Crippen LogP contribution >= 0.6 is 0 Å². The van der Waals surface area contributed by atoms with E-state index < -0.39 is 11.5 Å². The fourth-order valence-electron chi connectivity index (χ4n) is 4.83. The van der Waals surface area contributed by atoms with E-state index in [0.29, 0.717) is 30.9 Å². The molecule has 5 rings (SSSR count). The lowest BCUT2D eigenvalue weighted by molar-refractivity contribution is -0.131. The highest BCUT2D eigenvalue weighted by molar-refractivity contribution is 6.19. The van der Waals surface area contributed by atoms with Gasteiger partial charge < -0.3 is 25.6 Å². The predicted molar refractivity (Wildman–Crippen MR) is 112 cm³/mol. The molecule has 8 heteroatoms. The number of hydrogen-bond acceptors (Lipinski definition) is 5. The van der Waals surface area contributed by atoms with Gasteiger partial charge in [-0.2, -0.15) is 0 Å². The zero-order chi connectivity index (χ0) is 20.2. The lowest BCUT2D eigenvalue weighted by Crippen LogP contribution is -2.52. The number of amidine groups is 1. The van der Waals surface area contributed by atoms with E-state index in [2.05, 4.69) is 20.5 Å². The molecule has 2 saturated heterocycles. The average molecular weight is 392 g/mol. The van der Waals surface area contributed by atoms with E-state index in [1.54, 1.807) is 13.2 Å². The zero-order valence-electron chi connectivity index (χ0n) is 16.2. The standard InChI is InChI=1S/C21H24N6O2/c1-23-18(22)13-9-24-19(16-12-5-2-3-6-14(12)26-17(13)16)27-8-4-7-21(11-27)15(28)10-25-20(21)29/h2-3,5-6,9,15,26,28H,4,7-8,10-11H2,1H3,(H2,22,23)(H,25,29)/t15-,21+/m1/s1. The summed E-state index contributed by atoms with van der Waals surface area (Å²) in [7, 11) is 1.72. The number of carbonyl (C=O) groups is 1. The average Bonchev–Trinajstić information content (AvgIpc) is 3.26. The van der Waals surface area contributed by atoms with Crippen molar-refractivity contribution in [2.75, 3.05) is 31.6 Å². The Kier molecular flexibility index (Phi) is 3.99. The molecule has 1 aromatic carbocycles. The van der Waals surface area contributed by atoms with Crippen LogP contribution in [0.25, 0.3) is 21.8 Å². The number of aliphatic hydroxyl groups is 1. The summed E-state index contributed by atoms with van der Waals surface area (Å²) in [6.07, 6.45) is 2.51. The monoisotopic (exact) mass is 392 g/mol. The maximum absolute atomic E-state index is 12.6. The second-order valence-corrected chi connectivity index (χ2v) is 7.95. The van der Waals surface area contributed by atoms with Crippen molar-refractivity contribution in [1.29, 1.82) is 5.41 Å². The number of H-pyrrole nitrogens is 1. The minimum Gasteiger partial charge on any atom is -0.390 e. The zero-order valence-corrected chi connectivity index (χ0v) is 16.2. The number of piperidine rings is 1. The highest BCUT2D eigenvalue weighted by atomic mass is 16.3. The van der Waals surface area contributed by atoms with Crippen molar-refractivity contribution in [2.45, 2.75) is 18.9 Å². The smallest absolute Gasteiger partial charge is 0.230 e. The fraction of sp³-hybridized carbons (Fsp3) is 0.381. The van der Waals surface area contributed by atoms with E-state index in [-0.39, 0.29) is 5.91 Å². The summed E-state index contributed by atoms with van der Waals surface area (Å²) in [5.74, 6) is 1.01. The van der Waals surface area contributed by atoms with E-state index in [1.165, 1.54) is 0 Å². The molecule has 0 unspecified atom stereocenters. The molecule has 8 nitrogen and oxygen atoms in total. The summed E-state index contributed by atoms with van der Waals surface area (Å²) in [5.41, 5.74) is 1.75. The normalized spacial score (nSPS) is 24.4. The minimum atomic E-state index is -0.783. The van der Waals surface area contributed by atoms with E-state index in [1.807, 2.05) is 24.3 Å². The second kappa shape index (κ2) is 6.45. The molecule has 2 fully saturated rings. The van der Waals surface area contributed by atoms with E-state index >= 15 is 0 Å². The van der Waals surface area contributed by atoms with Gasteiger partial charge in [-0.1, -0.05) is 18.2 Å². The van der Waals surface area contributed by atoms with Crippen LogP contribution in [-0.4, -0.2) is 59.6 Å². The highest BCUT2D eigenvalue weighted by Crippen LogP contribution is 2.41. The number of carbonyl (C=O) groups excluding carboxylic acids is 1. The Balaban J connectivity index is 1.69. The van der Waals surface area contributed by atoms with Crippen LogP contribution in [0, 0.1) is 10.8 Å². The molecule has 2 atom stereocenters. The first-order valence-electron chi connectivity index (χ1n) is 9.92. The maximum atomic E-state index is 12.6. The summed E-state index contributed by atoms with van der Waals surface area (Å²) >= 11 is 0. The lowest BCUT2D eigenvalue weighted by Gasteiger charge is -2.41. The summed E-state index contributed by atoms with van der Waals surface area (Å²) in [4.78, 5) is 22.9. The van der Waals surface area contributed by atoms with E-state index in [4.69, 9.17) is 10.4 Å². The van der Waals surface area contributed by atoms with Crippen molar-refractivity contribution in [3.8, 4) is 0 Å². The number of β-amino-alcohol motifs (C(OH)–C–C–N with tert-alkyl or cyclic N) is 1. The number of aliphatic hydroxyl groups excluding tert-OH is 1. The molecule has 2 aromatic heterocycles. The van der Waals surface area contributed by atoms with Crippen molar-refractivity contribution < 1.29 is 9.90 Å². The first-order chi connectivity index (χ1) is 14.0. The van der Waals surface area contributed by atoms with Gasteiger partial charge in [-0.25, -0.2) is 4.98 Å². The summed E-state index contributed by atoms with van der Waals surface area (Å²) in [6.45, 7) is 1.51. The third kappa shape index (κ3) is 2.52. The third-order valence-corrected chi connectivity index (χ3v) is 6.40. The Labute approximate surface area is 167 Å². The van der Waals surface area contributed by atoms with E-state index in [9.17, 15) is 9.90 Å². The van der Waals surface area contributed by atoms with Crippen LogP contribution in [-0.2, 0) is 4.79 Å². The van der Waals surface area contributed by atoms with Crippen molar-refractivity contribution in [3.63, 3.8) is 0 Å². The van der Waals surface area contributed by atoms with Gasteiger partial charge in [0.1, 0.15) is 11.7 Å². The van der Waals surface area contributed by atoms with Gasteiger partial charge in [0.2, 0.25) is 5.91 Å². The molecule has 0 aliphatic carbocycles. The van der Waals surface area contributed by atoms with Gasteiger partial charge in [0, 0.05) is 43.8 Å². The molecule has 2 aliphatic heterocycles. The van der Waals surface area contributed by atoms with Gasteiger partial charge in [-0.3, -0.25) is 10.2 Å². The molecular formula is C21H24N6O2. The number of rotatable bonds is 2. The van der Waals surface area contributed by atoms with Crippen LogP contribution in [0.3, 0.4) is 0 Å². The molecule has 1 spiro atoms. The molecule has 150 valence electrons. The lowest BCUT2D eigenvalue weighted by atomic mass is 9.76. The van der Waals surface area contributed by atoms with Crippen LogP contribution in [0.5, 0.6) is 0 Å². The molecule has 29 heavy (non-hydrogen) atoms. The van der Waals surface area contributed by atoms with Crippen LogP contribution in [0.4, 0.5) is 5.82 Å². The summed E-state index contributed by atoms with van der Waals surface area (Å²) in [6, 6.07) is 8.02. The Morgan fingerprint density at radius 3 is 3.00 bits per heavy atom. The van der Waals surface area contributed by atoms with Gasteiger partial charge in [0.05, 0.1) is 28.0 Å². The van der Waals surface area contributed by atoms with Gasteiger partial charge in [-0.15, -0.1) is 0 Å². The molecule has 5 N–H and O–H groups in total. The number of nitrogens with zero attached hydrogens (tertiary/aromatic N) is 2. The van der Waals surface area contributed by atoms with E-state index in [0.717, 1.165) is 40.6 Å². The van der Waals surface area contributed by atoms with Crippen molar-refractivity contribution >= 4 is 39.4 Å². The van der Waals surface area contributed by atoms with Crippen molar-refractivity contribution in [3.05, 3.63) is 36.0 Å². The molecule has 3 aromatic rings. The number of nitrogens with one attached hydrogen (secondary N) is 4. The SMILES string of the molecule is CNC(=N)c1cnc(N2CCC[C@@]3(C2)C(=O)NC[C@H]3O)c2c1[nH]c1ccccc12. The van der Waals surface area contributed by atoms with Crippen LogP contribution in [0.2, 0.25) is 0 Å². The largest absolute Gasteiger partial charge is 0.390 e.